The van der Waals surface area contributed by atoms with Crippen molar-refractivity contribution in [3.8, 4) is 0 Å². The Balaban J connectivity index is 2.01. The van der Waals surface area contributed by atoms with Crippen LogP contribution < -0.4 is 0 Å². The van der Waals surface area contributed by atoms with E-state index in [2.05, 4.69) is 0 Å². The molecule has 0 spiro atoms. The lowest BCUT2D eigenvalue weighted by Crippen LogP contribution is -2.38. The summed E-state index contributed by atoms with van der Waals surface area (Å²) in [5.41, 5.74) is 2.58. The van der Waals surface area contributed by atoms with Gasteiger partial charge >= 0.3 is 18.0 Å². The number of hydrogen-bond acceptors (Lipinski definition) is 6. The zero-order chi connectivity index (χ0) is 23.6. The Bertz CT molecular complexity index is 986. The van der Waals surface area contributed by atoms with Crippen LogP contribution in [-0.2, 0) is 30.2 Å². The Morgan fingerprint density at radius 2 is 1.70 bits per heavy atom. The first-order chi connectivity index (χ1) is 16.0. The van der Waals surface area contributed by atoms with Gasteiger partial charge in [-0.05, 0) is 42.9 Å². The highest BCUT2D eigenvalue weighted by Crippen LogP contribution is 2.32. The molecule has 1 fully saturated rings. The van der Waals surface area contributed by atoms with Gasteiger partial charge in [0.2, 0.25) is 0 Å². The van der Waals surface area contributed by atoms with Crippen molar-refractivity contribution in [2.24, 2.45) is 0 Å². The number of rotatable bonds is 10. The number of allylic oxidation sites excluding steroid dienone is 1. The summed E-state index contributed by atoms with van der Waals surface area (Å²) in [5, 5.41) is 0. The second-order valence-electron chi connectivity index (χ2n) is 7.63. The van der Waals surface area contributed by atoms with Crippen LogP contribution in [0.1, 0.15) is 37.3 Å². The van der Waals surface area contributed by atoms with Gasteiger partial charge in [-0.2, -0.15) is 0 Å². The van der Waals surface area contributed by atoms with Crippen molar-refractivity contribution in [2.75, 3.05) is 20.3 Å². The summed E-state index contributed by atoms with van der Waals surface area (Å²) < 4.78 is 15.5. The molecular weight excluding hydrogens is 422 g/mol. The summed E-state index contributed by atoms with van der Waals surface area (Å²) in [5.74, 6) is -0.922. The molecule has 0 aliphatic carbocycles. The van der Waals surface area contributed by atoms with E-state index in [0.717, 1.165) is 11.1 Å². The van der Waals surface area contributed by atoms with E-state index in [9.17, 15) is 14.4 Å². The van der Waals surface area contributed by atoms with Gasteiger partial charge < -0.3 is 14.2 Å². The third-order valence-corrected chi connectivity index (χ3v) is 5.42. The van der Waals surface area contributed by atoms with E-state index in [0.29, 0.717) is 31.4 Å². The second kappa shape index (κ2) is 11.9. The van der Waals surface area contributed by atoms with Gasteiger partial charge in [-0.25, -0.2) is 9.59 Å². The summed E-state index contributed by atoms with van der Waals surface area (Å²) in [6.45, 7) is 2.24. The molecule has 0 saturated carbocycles. The van der Waals surface area contributed by atoms with Crippen molar-refractivity contribution < 1.29 is 28.6 Å². The molecule has 1 amide bonds. The smallest absolute Gasteiger partial charge is 0.414 e. The predicted molar refractivity (Wildman–Crippen MR) is 123 cm³/mol. The van der Waals surface area contributed by atoms with Gasteiger partial charge in [0.05, 0.1) is 19.8 Å². The summed E-state index contributed by atoms with van der Waals surface area (Å²) >= 11 is 0. The van der Waals surface area contributed by atoms with Gasteiger partial charge in [-0.3, -0.25) is 9.69 Å². The number of benzene rings is 2. The average Bonchev–Trinajstić information content (AvgIpc) is 3.19. The molecule has 1 heterocycles. The SMILES string of the molecule is CCOC(=O)CCC/C(=C(/C(=O)OC)N1C(=O)OC[C@H]1Cc1ccccc1)c1ccccc1. The number of nitrogens with zero attached hydrogens (tertiary/aromatic N) is 1. The molecule has 2 aromatic rings. The van der Waals surface area contributed by atoms with E-state index < -0.39 is 12.1 Å². The molecule has 0 aromatic heterocycles. The van der Waals surface area contributed by atoms with E-state index >= 15 is 0 Å². The third-order valence-electron chi connectivity index (χ3n) is 5.42. The van der Waals surface area contributed by atoms with Crippen LogP contribution in [0, 0.1) is 0 Å². The fraction of sp³-hybridized carbons (Fsp3) is 0.346. The quantitative estimate of drug-likeness (QED) is 0.303. The van der Waals surface area contributed by atoms with Crippen molar-refractivity contribution >= 4 is 23.6 Å². The molecule has 7 heteroatoms. The zero-order valence-electron chi connectivity index (χ0n) is 19.0. The highest BCUT2D eigenvalue weighted by Gasteiger charge is 2.40. The number of hydrogen-bond donors (Lipinski definition) is 0. The van der Waals surface area contributed by atoms with Gasteiger partial charge in [0.25, 0.3) is 0 Å². The molecule has 7 nitrogen and oxygen atoms in total. The van der Waals surface area contributed by atoms with Crippen molar-refractivity contribution in [3.05, 3.63) is 77.5 Å². The van der Waals surface area contributed by atoms with Gasteiger partial charge in [0.1, 0.15) is 12.3 Å². The maximum absolute atomic E-state index is 13.0. The molecule has 0 radical (unpaired) electrons. The largest absolute Gasteiger partial charge is 0.466 e. The van der Waals surface area contributed by atoms with Gasteiger partial charge in [-0.15, -0.1) is 0 Å². The lowest BCUT2D eigenvalue weighted by atomic mass is 9.96. The number of carbonyl (C=O) groups excluding carboxylic acids is 3. The van der Waals surface area contributed by atoms with E-state index in [1.807, 2.05) is 60.7 Å². The van der Waals surface area contributed by atoms with E-state index in [1.54, 1.807) is 6.92 Å². The molecule has 0 unspecified atom stereocenters. The maximum Gasteiger partial charge on any atom is 0.414 e. The Kier molecular flexibility index (Phi) is 8.63. The number of amides is 1. The van der Waals surface area contributed by atoms with Crippen LogP contribution in [0.25, 0.3) is 5.57 Å². The number of methoxy groups -OCH3 is 1. The molecule has 174 valence electrons. The molecular formula is C26H29NO6. The highest BCUT2D eigenvalue weighted by atomic mass is 16.6. The minimum Gasteiger partial charge on any atom is -0.466 e. The first kappa shape index (κ1) is 24.0. The van der Waals surface area contributed by atoms with E-state index in [4.69, 9.17) is 14.2 Å². The minimum absolute atomic E-state index is 0.149. The van der Waals surface area contributed by atoms with Crippen molar-refractivity contribution in [1.29, 1.82) is 0 Å². The van der Waals surface area contributed by atoms with E-state index in [-0.39, 0.29) is 30.7 Å². The number of ether oxygens (including phenoxy) is 3. The lowest BCUT2D eigenvalue weighted by molar-refractivity contribution is -0.143. The molecule has 1 atom stereocenters. The van der Waals surface area contributed by atoms with Gasteiger partial charge in [0.15, 0.2) is 0 Å². The van der Waals surface area contributed by atoms with Crippen LogP contribution in [0.4, 0.5) is 4.79 Å². The van der Waals surface area contributed by atoms with Crippen LogP contribution in [-0.4, -0.2) is 49.3 Å². The van der Waals surface area contributed by atoms with Crippen LogP contribution in [0.5, 0.6) is 0 Å². The second-order valence-corrected chi connectivity index (χ2v) is 7.63. The Labute approximate surface area is 193 Å². The van der Waals surface area contributed by atoms with Crippen LogP contribution in [0.3, 0.4) is 0 Å². The summed E-state index contributed by atoms with van der Waals surface area (Å²) in [6.07, 6.45) is 0.981. The van der Waals surface area contributed by atoms with Crippen molar-refractivity contribution in [3.63, 3.8) is 0 Å². The summed E-state index contributed by atoms with van der Waals surface area (Å²) in [4.78, 5) is 39.1. The van der Waals surface area contributed by atoms with E-state index in [1.165, 1.54) is 12.0 Å². The fourth-order valence-electron chi connectivity index (χ4n) is 3.92. The lowest BCUT2D eigenvalue weighted by Gasteiger charge is -2.26. The van der Waals surface area contributed by atoms with Crippen LogP contribution >= 0.6 is 0 Å². The molecule has 1 aliphatic rings. The van der Waals surface area contributed by atoms with Crippen LogP contribution in [0.2, 0.25) is 0 Å². The standard InChI is InChI=1S/C26H29NO6/c1-3-32-23(28)16-10-15-22(20-13-8-5-9-14-20)24(25(29)31-2)27-21(18-33-26(27)30)17-19-11-6-4-7-12-19/h4-9,11-14,21H,3,10,15-18H2,1-2H3/b24-22+/t21-/m1/s1. The minimum atomic E-state index is -0.623. The molecule has 0 N–H and O–H groups in total. The zero-order valence-corrected chi connectivity index (χ0v) is 19.0. The maximum atomic E-state index is 13.0. The first-order valence-corrected chi connectivity index (χ1v) is 11.1. The third kappa shape index (κ3) is 6.22. The number of esters is 2. The summed E-state index contributed by atoms with van der Waals surface area (Å²) in [7, 11) is 1.29. The van der Waals surface area contributed by atoms with Crippen LogP contribution in [0.15, 0.2) is 66.4 Å². The molecule has 0 bridgehead atoms. The van der Waals surface area contributed by atoms with Gasteiger partial charge in [-0.1, -0.05) is 60.7 Å². The molecule has 1 aliphatic heterocycles. The first-order valence-electron chi connectivity index (χ1n) is 11.1. The normalized spacial score (nSPS) is 16.1. The Hall–Kier alpha value is -3.61. The Morgan fingerprint density at radius 3 is 2.33 bits per heavy atom. The average molecular weight is 452 g/mol. The Morgan fingerprint density at radius 1 is 1.03 bits per heavy atom. The number of carbonyl (C=O) groups is 3. The van der Waals surface area contributed by atoms with Gasteiger partial charge in [0, 0.05) is 6.42 Å². The molecule has 1 saturated heterocycles. The highest BCUT2D eigenvalue weighted by molar-refractivity contribution is 6.00. The monoisotopic (exact) mass is 451 g/mol. The summed E-state index contributed by atoms with van der Waals surface area (Å²) in [6, 6.07) is 18.7. The molecule has 2 aromatic carbocycles. The van der Waals surface area contributed by atoms with Crippen molar-refractivity contribution in [2.45, 2.75) is 38.6 Å². The topological polar surface area (TPSA) is 82.1 Å². The van der Waals surface area contributed by atoms with Crippen molar-refractivity contribution in [1.82, 2.24) is 4.90 Å². The molecule has 3 rings (SSSR count). The fourth-order valence-corrected chi connectivity index (χ4v) is 3.92. The predicted octanol–water partition coefficient (Wildman–Crippen LogP) is 4.37. The molecule has 33 heavy (non-hydrogen) atoms. The number of cyclic esters (lactones) is 1.